The molecule has 0 fully saturated rings. The van der Waals surface area contributed by atoms with Crippen molar-refractivity contribution in [1.29, 1.82) is 0 Å². The van der Waals surface area contributed by atoms with Crippen molar-refractivity contribution in [3.8, 4) is 0 Å². The molecule has 0 saturated carbocycles. The van der Waals surface area contributed by atoms with Crippen LogP contribution in [0.2, 0.25) is 0 Å². The Morgan fingerprint density at radius 3 is 3.13 bits per heavy atom. The molecule has 0 amide bonds. The second kappa shape index (κ2) is 4.90. The number of rotatable bonds is 5. The fourth-order valence-electron chi connectivity index (χ4n) is 1.20. The summed E-state index contributed by atoms with van der Waals surface area (Å²) < 4.78 is 4.63. The molecule has 3 N–H and O–H groups in total. The van der Waals surface area contributed by atoms with Gasteiger partial charge in [-0.2, -0.15) is 4.98 Å². The van der Waals surface area contributed by atoms with Crippen LogP contribution < -0.4 is 11.1 Å². The minimum absolute atomic E-state index is 0.724. The van der Waals surface area contributed by atoms with Crippen molar-refractivity contribution >= 4 is 17.0 Å². The Kier molecular flexibility index (Phi) is 3.31. The van der Waals surface area contributed by atoms with Crippen LogP contribution in [0.4, 0.5) is 5.69 Å². The molecule has 80 valence electrons. The molecule has 0 aliphatic heterocycles. The highest BCUT2D eigenvalue weighted by Crippen LogP contribution is 2.17. The van der Waals surface area contributed by atoms with Crippen LogP contribution in [0.1, 0.15) is 10.7 Å². The Morgan fingerprint density at radius 2 is 2.47 bits per heavy atom. The van der Waals surface area contributed by atoms with Crippen LogP contribution in [-0.2, 0) is 13.0 Å². The molecule has 2 aromatic rings. The Bertz CT molecular complexity index is 398. The first-order chi connectivity index (χ1) is 7.36. The second-order valence-corrected chi connectivity index (χ2v) is 4.07. The zero-order valence-electron chi connectivity index (χ0n) is 8.14. The van der Waals surface area contributed by atoms with E-state index in [1.165, 1.54) is 11.3 Å². The third-order valence-corrected chi connectivity index (χ3v) is 2.93. The van der Waals surface area contributed by atoms with Gasteiger partial charge >= 0.3 is 0 Å². The van der Waals surface area contributed by atoms with Crippen molar-refractivity contribution in [1.82, 2.24) is 15.5 Å². The molecule has 0 spiro atoms. The summed E-state index contributed by atoms with van der Waals surface area (Å²) in [6, 6.07) is 1.92. The molecular formula is C9H12N4OS. The van der Waals surface area contributed by atoms with Crippen LogP contribution in [0.25, 0.3) is 0 Å². The minimum atomic E-state index is 0.724. The van der Waals surface area contributed by atoms with Crippen molar-refractivity contribution in [2.45, 2.75) is 13.0 Å². The molecule has 6 heteroatoms. The molecule has 0 unspecified atom stereocenters. The molecule has 0 saturated heterocycles. The Labute approximate surface area is 91.3 Å². The van der Waals surface area contributed by atoms with Gasteiger partial charge in [0.1, 0.15) is 0 Å². The van der Waals surface area contributed by atoms with Crippen LogP contribution >= 0.6 is 11.3 Å². The number of hydrogen-bond donors (Lipinski definition) is 2. The third kappa shape index (κ3) is 2.77. The molecular weight excluding hydrogens is 212 g/mol. The summed E-state index contributed by atoms with van der Waals surface area (Å²) in [6.07, 6.45) is 2.11. The number of hydrogen-bond acceptors (Lipinski definition) is 6. The molecule has 0 aliphatic rings. The highest BCUT2D eigenvalue weighted by molar-refractivity contribution is 7.10. The van der Waals surface area contributed by atoms with Crippen molar-refractivity contribution in [2.24, 2.45) is 0 Å². The number of anilines is 1. The van der Waals surface area contributed by atoms with Crippen molar-refractivity contribution < 1.29 is 4.52 Å². The topological polar surface area (TPSA) is 77.0 Å². The monoisotopic (exact) mass is 224 g/mol. The van der Waals surface area contributed by atoms with E-state index in [1.54, 1.807) is 11.3 Å². The van der Waals surface area contributed by atoms with Crippen LogP contribution in [-0.4, -0.2) is 16.7 Å². The number of nitrogens with one attached hydrogen (secondary N) is 1. The minimum Gasteiger partial charge on any atom is -0.398 e. The van der Waals surface area contributed by atoms with Crippen LogP contribution in [0, 0.1) is 0 Å². The summed E-state index contributed by atoms with van der Waals surface area (Å²) in [5.74, 6) is 0.724. The summed E-state index contributed by atoms with van der Waals surface area (Å²) in [5.41, 5.74) is 6.60. The van der Waals surface area contributed by atoms with Gasteiger partial charge in [-0.3, -0.25) is 0 Å². The van der Waals surface area contributed by atoms with E-state index >= 15 is 0 Å². The number of aromatic nitrogens is 2. The first kappa shape index (κ1) is 10.1. The normalized spacial score (nSPS) is 10.7. The predicted octanol–water partition coefficient (Wildman–Crippen LogP) is 1.05. The lowest BCUT2D eigenvalue weighted by molar-refractivity contribution is 0.409. The van der Waals surface area contributed by atoms with Crippen molar-refractivity contribution in [2.75, 3.05) is 12.3 Å². The fourth-order valence-corrected chi connectivity index (χ4v) is 1.97. The molecule has 0 radical (unpaired) electrons. The predicted molar refractivity (Wildman–Crippen MR) is 58.4 cm³/mol. The number of nitrogens with two attached hydrogens (primary N) is 1. The average Bonchev–Trinajstić information content (AvgIpc) is 2.85. The summed E-state index contributed by atoms with van der Waals surface area (Å²) in [5, 5.41) is 8.99. The van der Waals surface area contributed by atoms with Gasteiger partial charge in [-0.25, -0.2) is 0 Å². The fraction of sp³-hybridized carbons (Fsp3) is 0.333. The number of thiophene rings is 1. The van der Waals surface area contributed by atoms with E-state index in [4.69, 9.17) is 5.73 Å². The lowest BCUT2D eigenvalue weighted by Gasteiger charge is -2.01. The van der Waals surface area contributed by atoms with Gasteiger partial charge in [-0.15, -0.1) is 11.3 Å². The maximum absolute atomic E-state index is 5.75. The van der Waals surface area contributed by atoms with Gasteiger partial charge in [-0.05, 0) is 11.4 Å². The van der Waals surface area contributed by atoms with Crippen LogP contribution in [0.5, 0.6) is 0 Å². The van der Waals surface area contributed by atoms with Crippen LogP contribution in [0.3, 0.4) is 0 Å². The molecule has 5 nitrogen and oxygen atoms in total. The smallest absolute Gasteiger partial charge is 0.213 e. The summed E-state index contributed by atoms with van der Waals surface area (Å²) in [6.45, 7) is 1.61. The molecule has 0 atom stereocenters. The van der Waals surface area contributed by atoms with E-state index in [-0.39, 0.29) is 0 Å². The maximum Gasteiger partial charge on any atom is 0.213 e. The molecule has 0 aliphatic carbocycles. The molecule has 15 heavy (non-hydrogen) atoms. The highest BCUT2D eigenvalue weighted by atomic mass is 32.1. The Balaban J connectivity index is 1.70. The molecule has 2 heterocycles. The first-order valence-corrected chi connectivity index (χ1v) is 5.52. The van der Waals surface area contributed by atoms with Crippen molar-refractivity contribution in [3.63, 3.8) is 0 Å². The lowest BCUT2D eigenvalue weighted by Crippen LogP contribution is -2.17. The second-order valence-electron chi connectivity index (χ2n) is 3.07. The van der Waals surface area contributed by atoms with E-state index in [0.717, 1.165) is 31.0 Å². The molecule has 2 rings (SSSR count). The quantitative estimate of drug-likeness (QED) is 0.742. The van der Waals surface area contributed by atoms with Gasteiger partial charge in [0.2, 0.25) is 6.39 Å². The SMILES string of the molecule is Nc1ccsc1CNCCc1ncon1. The molecule has 2 aromatic heterocycles. The summed E-state index contributed by atoms with van der Waals surface area (Å²) in [7, 11) is 0. The van der Waals surface area contributed by atoms with Gasteiger partial charge in [0.05, 0.1) is 0 Å². The van der Waals surface area contributed by atoms with Crippen LogP contribution in [0.15, 0.2) is 22.4 Å². The largest absolute Gasteiger partial charge is 0.398 e. The highest BCUT2D eigenvalue weighted by Gasteiger charge is 2.01. The molecule has 0 aromatic carbocycles. The number of nitrogen functional groups attached to an aromatic ring is 1. The Hall–Kier alpha value is -1.40. The van der Waals surface area contributed by atoms with E-state index in [0.29, 0.717) is 0 Å². The van der Waals surface area contributed by atoms with Crippen molar-refractivity contribution in [3.05, 3.63) is 28.5 Å². The van der Waals surface area contributed by atoms with Gasteiger partial charge < -0.3 is 15.6 Å². The van der Waals surface area contributed by atoms with Gasteiger partial charge in [0.15, 0.2) is 5.82 Å². The third-order valence-electron chi connectivity index (χ3n) is 2.00. The first-order valence-electron chi connectivity index (χ1n) is 4.64. The van der Waals surface area contributed by atoms with E-state index in [2.05, 4.69) is 20.0 Å². The van der Waals surface area contributed by atoms with E-state index in [9.17, 15) is 0 Å². The Morgan fingerprint density at radius 1 is 1.53 bits per heavy atom. The van der Waals surface area contributed by atoms with Gasteiger partial charge in [-0.1, -0.05) is 5.16 Å². The number of nitrogens with zero attached hydrogens (tertiary/aromatic N) is 2. The van der Waals surface area contributed by atoms with E-state index < -0.39 is 0 Å². The standard InChI is InChI=1S/C9H12N4OS/c10-7-2-4-15-8(7)5-11-3-1-9-12-6-14-13-9/h2,4,6,11H,1,3,5,10H2. The summed E-state index contributed by atoms with van der Waals surface area (Å²) >= 11 is 1.66. The maximum atomic E-state index is 5.75. The van der Waals surface area contributed by atoms with Gasteiger partial charge in [0, 0.05) is 30.1 Å². The zero-order valence-corrected chi connectivity index (χ0v) is 8.96. The average molecular weight is 224 g/mol. The zero-order chi connectivity index (χ0) is 10.5. The summed E-state index contributed by atoms with van der Waals surface area (Å²) in [4.78, 5) is 5.10. The van der Waals surface area contributed by atoms with Gasteiger partial charge in [0.25, 0.3) is 0 Å². The molecule has 0 bridgehead atoms. The lowest BCUT2D eigenvalue weighted by atomic mass is 10.3. The van der Waals surface area contributed by atoms with E-state index in [1.807, 2.05) is 11.4 Å².